The number of nitrogens with zero attached hydrogens (tertiary/aromatic N) is 4. The third kappa shape index (κ3) is 2.22. The van der Waals surface area contributed by atoms with Gasteiger partial charge in [0, 0.05) is 13.1 Å². The smallest absolute Gasteiger partial charge is 0.264 e. The summed E-state index contributed by atoms with van der Waals surface area (Å²) < 4.78 is 2.53. The van der Waals surface area contributed by atoms with Crippen LogP contribution in [0.1, 0.15) is 39.6 Å². The minimum Gasteiger partial charge on any atom is -0.264 e. The van der Waals surface area contributed by atoms with E-state index in [1.165, 1.54) is 16.3 Å². The lowest BCUT2D eigenvalue weighted by Gasteiger charge is -2.03. The highest BCUT2D eigenvalue weighted by atomic mass is 16.2. The van der Waals surface area contributed by atoms with E-state index in [4.69, 9.17) is 5.26 Å². The zero-order chi connectivity index (χ0) is 11.3. The van der Waals surface area contributed by atoms with Gasteiger partial charge in [-0.25, -0.2) is 9.48 Å². The fourth-order valence-electron chi connectivity index (χ4n) is 1.02. The van der Waals surface area contributed by atoms with Gasteiger partial charge in [0.15, 0.2) is 0 Å². The van der Waals surface area contributed by atoms with E-state index in [9.17, 15) is 4.79 Å². The van der Waals surface area contributed by atoms with Gasteiger partial charge in [-0.05, 0) is 13.8 Å². The van der Waals surface area contributed by atoms with Crippen molar-refractivity contribution < 1.29 is 0 Å². The molecule has 0 saturated heterocycles. The Hall–Kier alpha value is -1.57. The summed E-state index contributed by atoms with van der Waals surface area (Å²) in [5.74, 6) is 0.164. The molecule has 5 heteroatoms. The van der Waals surface area contributed by atoms with Crippen molar-refractivity contribution in [2.45, 2.75) is 33.7 Å². The third-order valence-electron chi connectivity index (χ3n) is 1.57. The van der Waals surface area contributed by atoms with Gasteiger partial charge in [-0.2, -0.15) is 5.26 Å². The van der Waals surface area contributed by atoms with E-state index in [2.05, 4.69) is 5.10 Å². The summed E-state index contributed by atoms with van der Waals surface area (Å²) in [6, 6.07) is 1.84. The summed E-state index contributed by atoms with van der Waals surface area (Å²) in [6.07, 6.45) is 0. The lowest BCUT2D eigenvalue weighted by atomic mass is 10.4. The molecule has 0 bridgehead atoms. The molecule has 0 saturated carbocycles. The van der Waals surface area contributed by atoms with Crippen LogP contribution in [0.2, 0.25) is 0 Å². The van der Waals surface area contributed by atoms with Crippen molar-refractivity contribution in [3.8, 4) is 6.07 Å². The predicted octanol–water partition coefficient (Wildman–Crippen LogP) is 1.06. The van der Waals surface area contributed by atoms with Crippen LogP contribution in [0.4, 0.5) is 0 Å². The highest BCUT2D eigenvalue weighted by molar-refractivity contribution is 5.09. The van der Waals surface area contributed by atoms with Crippen LogP contribution in [0.25, 0.3) is 0 Å². The fraction of sp³-hybridized carbons (Fsp3) is 0.667. The van der Waals surface area contributed by atoms with E-state index < -0.39 is 0 Å². The molecule has 5 nitrogen and oxygen atoms in total. The van der Waals surface area contributed by atoms with Crippen molar-refractivity contribution in [2.75, 3.05) is 0 Å². The van der Waals surface area contributed by atoms with Crippen LogP contribution in [0.3, 0.4) is 0 Å². The van der Waals surface area contributed by atoms with Crippen LogP contribution >= 0.6 is 0 Å². The van der Waals surface area contributed by atoms with Gasteiger partial charge in [-0.15, -0.1) is 5.10 Å². The Balaban J connectivity index is 0.000000791. The quantitative estimate of drug-likeness (QED) is 0.674. The molecule has 0 atom stereocenters. The molecule has 0 aromatic carbocycles. The summed E-state index contributed by atoms with van der Waals surface area (Å²) in [5.41, 5.74) is -0.249. The Morgan fingerprint density at radius 1 is 1.43 bits per heavy atom. The van der Waals surface area contributed by atoms with E-state index >= 15 is 0 Å². The lowest BCUT2D eigenvalue weighted by molar-refractivity contribution is 0.562. The summed E-state index contributed by atoms with van der Waals surface area (Å²) >= 11 is 0. The van der Waals surface area contributed by atoms with Gasteiger partial charge in [0.25, 0.3) is 0 Å². The minimum absolute atomic E-state index is 0.0270. The first-order chi connectivity index (χ1) is 6.57. The van der Waals surface area contributed by atoms with Crippen LogP contribution in [0.5, 0.6) is 0 Å². The van der Waals surface area contributed by atoms with Crippen molar-refractivity contribution in [2.24, 2.45) is 7.05 Å². The molecule has 1 aromatic rings. The number of nitriles is 1. The molecule has 14 heavy (non-hydrogen) atoms. The van der Waals surface area contributed by atoms with Gasteiger partial charge in [0.05, 0.1) is 0 Å². The van der Waals surface area contributed by atoms with Crippen LogP contribution in [0, 0.1) is 11.3 Å². The largest absolute Gasteiger partial charge is 0.346 e. The Bertz CT molecular complexity index is 380. The third-order valence-corrected chi connectivity index (χ3v) is 1.57. The molecule has 1 aromatic heterocycles. The van der Waals surface area contributed by atoms with Gasteiger partial charge >= 0.3 is 5.69 Å². The number of aryl methyl sites for hydroxylation is 1. The normalized spacial score (nSPS) is 9.21. The number of hydrogen-bond donors (Lipinski definition) is 0. The van der Waals surface area contributed by atoms with Crippen molar-refractivity contribution in [3.63, 3.8) is 0 Å². The highest BCUT2D eigenvalue weighted by Gasteiger charge is 2.12. The first-order valence-corrected chi connectivity index (χ1v) is 4.63. The second kappa shape index (κ2) is 5.22. The van der Waals surface area contributed by atoms with Crippen molar-refractivity contribution in [1.82, 2.24) is 14.3 Å². The van der Waals surface area contributed by atoms with Crippen molar-refractivity contribution in [3.05, 3.63) is 16.3 Å². The van der Waals surface area contributed by atoms with Crippen LogP contribution < -0.4 is 5.69 Å². The molecule has 0 amide bonds. The van der Waals surface area contributed by atoms with E-state index in [0.29, 0.717) is 0 Å². The Labute approximate surface area is 83.6 Å². The second-order valence-electron chi connectivity index (χ2n) is 2.81. The standard InChI is InChI=1S/C7H10N4O.C2H6/c1-5(2)11-6(4-8)9-10(3)7(11)12;1-2/h5H,1-3H3;1-2H3. The van der Waals surface area contributed by atoms with Crippen molar-refractivity contribution >= 4 is 0 Å². The van der Waals surface area contributed by atoms with E-state index in [1.54, 1.807) is 0 Å². The van der Waals surface area contributed by atoms with Crippen LogP contribution in [0.15, 0.2) is 4.79 Å². The molecule has 1 rings (SSSR count). The summed E-state index contributed by atoms with van der Waals surface area (Å²) in [4.78, 5) is 11.3. The molecule has 78 valence electrons. The zero-order valence-electron chi connectivity index (χ0n) is 9.27. The monoisotopic (exact) mass is 196 g/mol. The van der Waals surface area contributed by atoms with E-state index in [1.807, 2.05) is 33.8 Å². The number of rotatable bonds is 1. The van der Waals surface area contributed by atoms with Gasteiger partial charge < -0.3 is 0 Å². The van der Waals surface area contributed by atoms with E-state index in [0.717, 1.165) is 0 Å². The molecule has 0 aliphatic rings. The van der Waals surface area contributed by atoms with Gasteiger partial charge in [0.1, 0.15) is 6.07 Å². The predicted molar refractivity (Wildman–Crippen MR) is 53.9 cm³/mol. The van der Waals surface area contributed by atoms with Crippen LogP contribution in [-0.2, 0) is 7.05 Å². The first kappa shape index (κ1) is 12.4. The molecular formula is C9H16N4O. The molecule has 0 unspecified atom stereocenters. The second-order valence-corrected chi connectivity index (χ2v) is 2.81. The van der Waals surface area contributed by atoms with Crippen molar-refractivity contribution in [1.29, 1.82) is 5.26 Å². The van der Waals surface area contributed by atoms with Gasteiger partial charge in [-0.1, -0.05) is 13.8 Å². The SMILES string of the molecule is CC.CC(C)n1c(C#N)nn(C)c1=O. The topological polar surface area (TPSA) is 63.6 Å². The minimum atomic E-state index is -0.249. The molecular weight excluding hydrogens is 180 g/mol. The fourth-order valence-corrected chi connectivity index (χ4v) is 1.02. The molecule has 0 aliphatic carbocycles. The Kier molecular flexibility index (Phi) is 4.64. The maximum absolute atomic E-state index is 11.3. The van der Waals surface area contributed by atoms with Crippen LogP contribution in [-0.4, -0.2) is 14.3 Å². The number of aromatic nitrogens is 3. The Morgan fingerprint density at radius 2 is 1.93 bits per heavy atom. The van der Waals surface area contributed by atoms with Gasteiger partial charge in [-0.3, -0.25) is 4.57 Å². The average Bonchev–Trinajstić information content (AvgIpc) is 2.46. The summed E-state index contributed by atoms with van der Waals surface area (Å²) in [6.45, 7) is 7.67. The molecule has 0 aliphatic heterocycles. The summed E-state index contributed by atoms with van der Waals surface area (Å²) in [7, 11) is 1.53. The summed E-state index contributed by atoms with van der Waals surface area (Å²) in [5, 5.41) is 12.4. The van der Waals surface area contributed by atoms with Gasteiger partial charge in [0.2, 0.25) is 5.82 Å². The highest BCUT2D eigenvalue weighted by Crippen LogP contribution is 2.01. The maximum Gasteiger partial charge on any atom is 0.346 e. The molecule has 0 radical (unpaired) electrons. The average molecular weight is 196 g/mol. The zero-order valence-corrected chi connectivity index (χ0v) is 9.27. The molecule has 1 heterocycles. The maximum atomic E-state index is 11.3. The van der Waals surface area contributed by atoms with E-state index in [-0.39, 0.29) is 17.6 Å². The lowest BCUT2D eigenvalue weighted by Crippen LogP contribution is -2.24. The molecule has 0 fully saturated rings. The Morgan fingerprint density at radius 3 is 2.21 bits per heavy atom. The molecule has 0 spiro atoms. The molecule has 0 N–H and O–H groups in total. The first-order valence-electron chi connectivity index (χ1n) is 4.63. The number of hydrogen-bond acceptors (Lipinski definition) is 3.